The van der Waals surface area contributed by atoms with Crippen LogP contribution in [0, 0.1) is 6.92 Å². The first-order valence-corrected chi connectivity index (χ1v) is 6.41. The van der Waals surface area contributed by atoms with E-state index in [-0.39, 0.29) is 0 Å². The smallest absolute Gasteiger partial charge is 0.0897 e. The molecule has 1 unspecified atom stereocenters. The maximum Gasteiger partial charge on any atom is 0.0897 e. The average molecular weight is 227 g/mol. The van der Waals surface area contributed by atoms with Crippen LogP contribution in [0.1, 0.15) is 36.1 Å². The number of aryl methyl sites for hydroxylation is 1. The van der Waals surface area contributed by atoms with Crippen LogP contribution in [-0.4, -0.2) is 17.6 Å². The minimum atomic E-state index is 0.352. The minimum absolute atomic E-state index is 0.352. The first-order valence-electron chi connectivity index (χ1n) is 5.60. The maximum absolute atomic E-state index is 5.92. The third-order valence-corrected chi connectivity index (χ3v) is 3.23. The molecule has 0 amide bonds. The van der Waals surface area contributed by atoms with Crippen LogP contribution in [0.25, 0.3) is 0 Å². The lowest BCUT2D eigenvalue weighted by Gasteiger charge is -2.09. The highest BCUT2D eigenvalue weighted by Gasteiger charge is 2.01. The van der Waals surface area contributed by atoms with Gasteiger partial charge in [-0.15, -0.1) is 11.3 Å². The largest absolute Gasteiger partial charge is 0.328 e. The zero-order valence-electron chi connectivity index (χ0n) is 9.62. The summed E-state index contributed by atoms with van der Waals surface area (Å²) in [6.07, 6.45) is 5.31. The van der Waals surface area contributed by atoms with Crippen LogP contribution < -0.4 is 11.1 Å². The van der Waals surface area contributed by atoms with Gasteiger partial charge in [0.2, 0.25) is 0 Å². The molecule has 0 saturated carbocycles. The van der Waals surface area contributed by atoms with E-state index < -0.39 is 0 Å². The van der Waals surface area contributed by atoms with Gasteiger partial charge in [0.05, 0.1) is 5.01 Å². The van der Waals surface area contributed by atoms with E-state index in [0.29, 0.717) is 6.04 Å². The van der Waals surface area contributed by atoms with Crippen molar-refractivity contribution in [3.8, 4) is 0 Å². The van der Waals surface area contributed by atoms with E-state index in [1.54, 1.807) is 11.3 Å². The first-order chi connectivity index (χ1) is 7.22. The molecular formula is C11H21N3S. The highest BCUT2D eigenvalue weighted by atomic mass is 32.1. The van der Waals surface area contributed by atoms with Crippen LogP contribution in [0.15, 0.2) is 6.20 Å². The summed E-state index contributed by atoms with van der Waals surface area (Å²) in [4.78, 5) is 5.52. The summed E-state index contributed by atoms with van der Waals surface area (Å²) in [7, 11) is 0. The third-order valence-electron chi connectivity index (χ3n) is 2.32. The van der Waals surface area contributed by atoms with E-state index in [1.165, 1.54) is 11.3 Å². The molecule has 0 aromatic carbocycles. The fraction of sp³-hybridized carbons (Fsp3) is 0.727. The number of rotatable bonds is 7. The van der Waals surface area contributed by atoms with Gasteiger partial charge in [0, 0.05) is 23.7 Å². The highest BCUT2D eigenvalue weighted by Crippen LogP contribution is 2.10. The molecular weight excluding hydrogens is 206 g/mol. The molecule has 0 spiro atoms. The second kappa shape index (κ2) is 6.93. The summed E-state index contributed by atoms with van der Waals surface area (Å²) >= 11 is 1.75. The summed E-state index contributed by atoms with van der Waals surface area (Å²) in [5.41, 5.74) is 5.92. The normalized spacial score (nSPS) is 13.0. The van der Waals surface area contributed by atoms with Crippen molar-refractivity contribution in [2.45, 2.75) is 45.7 Å². The number of hydrogen-bond donors (Lipinski definition) is 2. The fourth-order valence-corrected chi connectivity index (χ4v) is 2.27. The van der Waals surface area contributed by atoms with Crippen molar-refractivity contribution in [1.29, 1.82) is 0 Å². The molecule has 3 N–H and O–H groups in total. The second-order valence-corrected chi connectivity index (χ2v) is 5.18. The van der Waals surface area contributed by atoms with E-state index in [1.807, 2.05) is 13.1 Å². The Bertz CT molecular complexity index is 273. The molecule has 0 radical (unpaired) electrons. The number of nitrogens with zero attached hydrogens (tertiary/aromatic N) is 1. The zero-order chi connectivity index (χ0) is 11.1. The minimum Gasteiger partial charge on any atom is -0.328 e. The number of hydrogen-bond acceptors (Lipinski definition) is 4. The molecule has 0 aliphatic carbocycles. The monoisotopic (exact) mass is 227 g/mol. The van der Waals surface area contributed by atoms with E-state index in [9.17, 15) is 0 Å². The van der Waals surface area contributed by atoms with E-state index in [4.69, 9.17) is 5.73 Å². The first kappa shape index (κ1) is 12.6. The molecule has 0 aliphatic heterocycles. The molecule has 0 aliphatic rings. The summed E-state index contributed by atoms with van der Waals surface area (Å²) in [6.45, 7) is 6.13. The molecule has 15 heavy (non-hydrogen) atoms. The second-order valence-electron chi connectivity index (χ2n) is 3.86. The molecule has 3 nitrogen and oxygen atoms in total. The maximum atomic E-state index is 5.92. The molecule has 1 heterocycles. The van der Waals surface area contributed by atoms with Crippen molar-refractivity contribution in [1.82, 2.24) is 10.3 Å². The summed E-state index contributed by atoms with van der Waals surface area (Å²) in [5.74, 6) is 0. The molecule has 1 aromatic rings. The number of nitrogens with one attached hydrogen (secondary N) is 1. The van der Waals surface area contributed by atoms with Crippen molar-refractivity contribution < 1.29 is 0 Å². The highest BCUT2D eigenvalue weighted by molar-refractivity contribution is 7.11. The van der Waals surface area contributed by atoms with Gasteiger partial charge in [0.25, 0.3) is 0 Å². The average Bonchev–Trinajstić information content (AvgIpc) is 2.60. The van der Waals surface area contributed by atoms with Gasteiger partial charge < -0.3 is 11.1 Å². The molecule has 4 heteroatoms. The summed E-state index contributed by atoms with van der Waals surface area (Å²) in [5, 5.41) is 4.53. The Labute approximate surface area is 96.1 Å². The molecule has 86 valence electrons. The van der Waals surface area contributed by atoms with Crippen LogP contribution in [0.4, 0.5) is 0 Å². The van der Waals surface area contributed by atoms with Gasteiger partial charge in [0.1, 0.15) is 0 Å². The van der Waals surface area contributed by atoms with E-state index in [0.717, 1.165) is 30.9 Å². The van der Waals surface area contributed by atoms with Crippen LogP contribution >= 0.6 is 11.3 Å². The standard InChI is InChI=1S/C11H21N3S/c1-3-4-10(12)5-6-13-7-11-8-14-9(2)15-11/h8,10,13H,3-7,12H2,1-2H3. The van der Waals surface area contributed by atoms with E-state index >= 15 is 0 Å². The SMILES string of the molecule is CCCC(N)CCNCc1cnc(C)s1. The Balaban J connectivity index is 2.06. The van der Waals surface area contributed by atoms with Crippen LogP contribution in [0.5, 0.6) is 0 Å². The van der Waals surface area contributed by atoms with Gasteiger partial charge in [-0.25, -0.2) is 4.98 Å². The predicted molar refractivity (Wildman–Crippen MR) is 66.1 cm³/mol. The Morgan fingerprint density at radius 2 is 2.33 bits per heavy atom. The fourth-order valence-electron chi connectivity index (χ4n) is 1.50. The van der Waals surface area contributed by atoms with Gasteiger partial charge in [-0.2, -0.15) is 0 Å². The van der Waals surface area contributed by atoms with Crippen molar-refractivity contribution >= 4 is 11.3 Å². The quantitative estimate of drug-likeness (QED) is 0.701. The third kappa shape index (κ3) is 5.25. The van der Waals surface area contributed by atoms with Gasteiger partial charge in [0.15, 0.2) is 0 Å². The van der Waals surface area contributed by atoms with Crippen LogP contribution in [0.3, 0.4) is 0 Å². The number of thiazole rings is 1. The Kier molecular flexibility index (Phi) is 5.83. The summed E-state index contributed by atoms with van der Waals surface area (Å²) < 4.78 is 0. The number of nitrogens with two attached hydrogens (primary N) is 1. The van der Waals surface area contributed by atoms with Gasteiger partial charge in [-0.05, 0) is 26.3 Å². The molecule has 1 rings (SSSR count). The Morgan fingerprint density at radius 1 is 1.53 bits per heavy atom. The van der Waals surface area contributed by atoms with Gasteiger partial charge >= 0.3 is 0 Å². The lowest BCUT2D eigenvalue weighted by Crippen LogP contribution is -2.26. The van der Waals surface area contributed by atoms with Crippen molar-refractivity contribution in [3.05, 3.63) is 16.1 Å². The molecule has 1 aromatic heterocycles. The Hall–Kier alpha value is -0.450. The number of aromatic nitrogens is 1. The van der Waals surface area contributed by atoms with Crippen molar-refractivity contribution in [2.75, 3.05) is 6.54 Å². The molecule has 1 atom stereocenters. The predicted octanol–water partition coefficient (Wildman–Crippen LogP) is 2.06. The van der Waals surface area contributed by atoms with Crippen LogP contribution in [0.2, 0.25) is 0 Å². The molecule has 0 saturated heterocycles. The lowest BCUT2D eigenvalue weighted by molar-refractivity contribution is 0.528. The van der Waals surface area contributed by atoms with E-state index in [2.05, 4.69) is 17.2 Å². The van der Waals surface area contributed by atoms with Crippen molar-refractivity contribution in [3.63, 3.8) is 0 Å². The Morgan fingerprint density at radius 3 is 2.93 bits per heavy atom. The zero-order valence-corrected chi connectivity index (χ0v) is 10.4. The lowest BCUT2D eigenvalue weighted by atomic mass is 10.1. The van der Waals surface area contributed by atoms with Crippen LogP contribution in [-0.2, 0) is 6.54 Å². The molecule has 0 bridgehead atoms. The van der Waals surface area contributed by atoms with Crippen molar-refractivity contribution in [2.24, 2.45) is 5.73 Å². The summed E-state index contributed by atoms with van der Waals surface area (Å²) in [6, 6.07) is 0.352. The van der Waals surface area contributed by atoms with Gasteiger partial charge in [-0.3, -0.25) is 0 Å². The molecule has 0 fully saturated rings. The van der Waals surface area contributed by atoms with Gasteiger partial charge in [-0.1, -0.05) is 13.3 Å². The topological polar surface area (TPSA) is 50.9 Å².